The Kier molecular flexibility index (Phi) is 4.60. The van der Waals surface area contributed by atoms with Crippen LogP contribution in [0.25, 0.3) is 0 Å². The third kappa shape index (κ3) is 3.55. The predicted molar refractivity (Wildman–Crippen MR) is 79.2 cm³/mol. The minimum atomic E-state index is -0.524. The van der Waals surface area contributed by atoms with E-state index in [9.17, 15) is 9.18 Å². The summed E-state index contributed by atoms with van der Waals surface area (Å²) in [6.45, 7) is 0.405. The molecule has 2 nitrogen and oxygen atoms in total. The maximum atomic E-state index is 13.6. The summed E-state index contributed by atoms with van der Waals surface area (Å²) in [6, 6.07) is 7.95. The van der Waals surface area contributed by atoms with Gasteiger partial charge in [0.05, 0.1) is 16.4 Å². The minimum Gasteiger partial charge on any atom is -0.336 e. The number of carbonyl (C=O) groups excluding carboxylic acids is 1. The summed E-state index contributed by atoms with van der Waals surface area (Å²) in [5.41, 5.74) is 0.0551. The van der Waals surface area contributed by atoms with E-state index in [1.807, 2.05) is 6.07 Å². The van der Waals surface area contributed by atoms with Gasteiger partial charge in [-0.3, -0.25) is 4.79 Å². The van der Waals surface area contributed by atoms with Gasteiger partial charge in [0.25, 0.3) is 5.91 Å². The molecule has 19 heavy (non-hydrogen) atoms. The van der Waals surface area contributed by atoms with Crippen molar-refractivity contribution in [2.75, 3.05) is 7.05 Å². The van der Waals surface area contributed by atoms with E-state index in [2.05, 4.69) is 15.9 Å². The molecule has 0 N–H and O–H groups in total. The number of halogens is 3. The number of amides is 1. The first-order valence-corrected chi connectivity index (χ1v) is 7.41. The van der Waals surface area contributed by atoms with Gasteiger partial charge < -0.3 is 4.90 Å². The van der Waals surface area contributed by atoms with E-state index in [1.165, 1.54) is 28.4 Å². The summed E-state index contributed by atoms with van der Waals surface area (Å²) >= 11 is 10.5. The van der Waals surface area contributed by atoms with Crippen molar-refractivity contribution in [3.05, 3.63) is 55.4 Å². The van der Waals surface area contributed by atoms with Gasteiger partial charge in [-0.2, -0.15) is 0 Å². The van der Waals surface area contributed by atoms with Crippen LogP contribution in [0.2, 0.25) is 4.34 Å². The first-order valence-electron chi connectivity index (χ1n) is 5.42. The number of carbonyl (C=O) groups is 1. The van der Waals surface area contributed by atoms with Gasteiger partial charge >= 0.3 is 0 Å². The van der Waals surface area contributed by atoms with E-state index in [1.54, 1.807) is 19.2 Å². The number of nitrogens with zero attached hydrogens (tertiary/aromatic N) is 1. The Morgan fingerprint density at radius 3 is 2.79 bits per heavy atom. The Labute approximate surface area is 127 Å². The van der Waals surface area contributed by atoms with Crippen molar-refractivity contribution in [3.63, 3.8) is 0 Å². The SMILES string of the molecule is CN(Cc1ccc(Cl)s1)C(=O)c1cc(Br)ccc1F. The van der Waals surface area contributed by atoms with Gasteiger partial charge in [-0.25, -0.2) is 4.39 Å². The van der Waals surface area contributed by atoms with Gasteiger partial charge in [-0.1, -0.05) is 27.5 Å². The summed E-state index contributed by atoms with van der Waals surface area (Å²) in [5.74, 6) is -0.882. The van der Waals surface area contributed by atoms with Crippen LogP contribution in [0.3, 0.4) is 0 Å². The number of hydrogen-bond acceptors (Lipinski definition) is 2. The maximum Gasteiger partial charge on any atom is 0.256 e. The number of hydrogen-bond donors (Lipinski definition) is 0. The Morgan fingerprint density at radius 1 is 1.42 bits per heavy atom. The van der Waals surface area contributed by atoms with Crippen LogP contribution in [0.4, 0.5) is 4.39 Å². The summed E-state index contributed by atoms with van der Waals surface area (Å²) in [5, 5.41) is 0. The van der Waals surface area contributed by atoms with E-state index in [0.717, 1.165) is 4.88 Å². The van der Waals surface area contributed by atoms with E-state index in [-0.39, 0.29) is 11.5 Å². The normalized spacial score (nSPS) is 10.5. The quantitative estimate of drug-likeness (QED) is 0.783. The van der Waals surface area contributed by atoms with Crippen molar-refractivity contribution in [2.45, 2.75) is 6.54 Å². The molecule has 0 aliphatic heterocycles. The van der Waals surface area contributed by atoms with E-state index in [0.29, 0.717) is 15.4 Å². The van der Waals surface area contributed by atoms with Gasteiger partial charge in [0.2, 0.25) is 0 Å². The fourth-order valence-electron chi connectivity index (χ4n) is 1.61. The Bertz CT molecular complexity index is 616. The molecule has 2 aromatic rings. The van der Waals surface area contributed by atoms with Crippen LogP contribution in [0.5, 0.6) is 0 Å². The smallest absolute Gasteiger partial charge is 0.256 e. The molecule has 0 saturated carbocycles. The van der Waals surface area contributed by atoms with E-state index in [4.69, 9.17) is 11.6 Å². The van der Waals surface area contributed by atoms with Crippen LogP contribution in [-0.2, 0) is 6.54 Å². The van der Waals surface area contributed by atoms with Crippen LogP contribution < -0.4 is 0 Å². The topological polar surface area (TPSA) is 20.3 Å². The highest BCUT2D eigenvalue weighted by molar-refractivity contribution is 9.10. The predicted octanol–water partition coefficient (Wildman–Crippen LogP) is 4.58. The molecule has 0 bridgehead atoms. The number of thiophene rings is 1. The second kappa shape index (κ2) is 6.03. The second-order valence-corrected chi connectivity index (χ2v) is 6.71. The zero-order valence-corrected chi connectivity index (χ0v) is 13.1. The summed E-state index contributed by atoms with van der Waals surface area (Å²) in [6.07, 6.45) is 0. The molecule has 6 heteroatoms. The monoisotopic (exact) mass is 361 g/mol. The van der Waals surface area contributed by atoms with Crippen molar-refractivity contribution in [1.29, 1.82) is 0 Å². The second-order valence-electron chi connectivity index (χ2n) is 3.99. The molecule has 1 aromatic carbocycles. The first-order chi connectivity index (χ1) is 8.97. The lowest BCUT2D eigenvalue weighted by Gasteiger charge is -2.16. The zero-order valence-electron chi connectivity index (χ0n) is 9.99. The average molecular weight is 363 g/mol. The van der Waals surface area contributed by atoms with Gasteiger partial charge in [0.15, 0.2) is 0 Å². The van der Waals surface area contributed by atoms with Crippen LogP contribution in [-0.4, -0.2) is 17.9 Å². The lowest BCUT2D eigenvalue weighted by atomic mass is 10.2. The molecule has 0 aliphatic rings. The van der Waals surface area contributed by atoms with E-state index < -0.39 is 5.82 Å². The molecule has 1 amide bonds. The zero-order chi connectivity index (χ0) is 14.0. The van der Waals surface area contributed by atoms with Crippen LogP contribution in [0.1, 0.15) is 15.2 Å². The number of rotatable bonds is 3. The first kappa shape index (κ1) is 14.5. The highest BCUT2D eigenvalue weighted by Gasteiger charge is 2.17. The number of benzene rings is 1. The fraction of sp³-hybridized carbons (Fsp3) is 0.154. The lowest BCUT2D eigenvalue weighted by molar-refractivity contribution is 0.0781. The largest absolute Gasteiger partial charge is 0.336 e. The van der Waals surface area contributed by atoms with Crippen molar-refractivity contribution in [1.82, 2.24) is 4.90 Å². The average Bonchev–Trinajstić information content (AvgIpc) is 2.77. The third-order valence-electron chi connectivity index (χ3n) is 2.53. The molecule has 100 valence electrons. The molecule has 0 fully saturated rings. The molecule has 1 heterocycles. The third-order valence-corrected chi connectivity index (χ3v) is 4.24. The summed E-state index contributed by atoms with van der Waals surface area (Å²) in [4.78, 5) is 14.6. The maximum absolute atomic E-state index is 13.6. The summed E-state index contributed by atoms with van der Waals surface area (Å²) < 4.78 is 15.0. The fourth-order valence-corrected chi connectivity index (χ4v) is 3.11. The van der Waals surface area contributed by atoms with Crippen LogP contribution >= 0.6 is 38.9 Å². The van der Waals surface area contributed by atoms with Crippen molar-refractivity contribution >= 4 is 44.8 Å². The van der Waals surface area contributed by atoms with E-state index >= 15 is 0 Å². The standard InChI is InChI=1S/C13H10BrClFNOS/c1-17(7-9-3-5-12(15)19-9)13(18)10-6-8(14)2-4-11(10)16/h2-6H,7H2,1H3. The molecule has 0 spiro atoms. The Hall–Kier alpha value is -0.910. The lowest BCUT2D eigenvalue weighted by Crippen LogP contribution is -2.26. The molecular weight excluding hydrogens is 353 g/mol. The van der Waals surface area contributed by atoms with Gasteiger partial charge in [0.1, 0.15) is 5.82 Å². The van der Waals surface area contributed by atoms with Crippen LogP contribution in [0.15, 0.2) is 34.8 Å². The molecule has 2 rings (SSSR count). The van der Waals surface area contributed by atoms with Crippen molar-refractivity contribution in [2.24, 2.45) is 0 Å². The highest BCUT2D eigenvalue weighted by Crippen LogP contribution is 2.23. The molecule has 0 radical (unpaired) electrons. The molecule has 0 saturated heterocycles. The van der Waals surface area contributed by atoms with Crippen molar-refractivity contribution < 1.29 is 9.18 Å². The Balaban J connectivity index is 2.16. The molecule has 1 aromatic heterocycles. The minimum absolute atomic E-state index is 0.0551. The molecule has 0 aliphatic carbocycles. The van der Waals surface area contributed by atoms with Crippen molar-refractivity contribution in [3.8, 4) is 0 Å². The van der Waals surface area contributed by atoms with Gasteiger partial charge in [0, 0.05) is 16.4 Å². The molecule has 0 atom stereocenters. The Morgan fingerprint density at radius 2 is 2.16 bits per heavy atom. The van der Waals surface area contributed by atoms with Gasteiger partial charge in [-0.15, -0.1) is 11.3 Å². The summed E-state index contributed by atoms with van der Waals surface area (Å²) in [7, 11) is 1.64. The molecule has 0 unspecified atom stereocenters. The van der Waals surface area contributed by atoms with Crippen LogP contribution in [0, 0.1) is 5.82 Å². The highest BCUT2D eigenvalue weighted by atomic mass is 79.9. The van der Waals surface area contributed by atoms with Gasteiger partial charge in [-0.05, 0) is 30.3 Å². The molecular formula is C13H10BrClFNOS.